The molecule has 0 spiro atoms. The average Bonchev–Trinajstić information content (AvgIpc) is 3.06. The molecule has 1 saturated heterocycles. The van der Waals surface area contributed by atoms with Crippen LogP contribution in [0.15, 0.2) is 35.4 Å². The highest BCUT2D eigenvalue weighted by atomic mass is 32.1. The zero-order valence-corrected chi connectivity index (χ0v) is 13.3. The van der Waals surface area contributed by atoms with Gasteiger partial charge < -0.3 is 10.1 Å². The van der Waals surface area contributed by atoms with Crippen molar-refractivity contribution in [3.63, 3.8) is 0 Å². The van der Waals surface area contributed by atoms with Crippen LogP contribution in [0, 0.1) is 0 Å². The first-order valence-electron chi connectivity index (χ1n) is 7.68. The number of thiol groups is 1. The van der Waals surface area contributed by atoms with Gasteiger partial charge in [-0.05, 0) is 37.0 Å². The average molecular weight is 316 g/mol. The quantitative estimate of drug-likeness (QED) is 0.834. The van der Waals surface area contributed by atoms with E-state index in [0.717, 1.165) is 47.2 Å². The van der Waals surface area contributed by atoms with Gasteiger partial charge in [-0.15, -0.1) is 12.6 Å². The summed E-state index contributed by atoms with van der Waals surface area (Å²) in [5, 5.41) is 4.02. The fourth-order valence-electron chi connectivity index (χ4n) is 2.82. The minimum atomic E-state index is 0.0718. The summed E-state index contributed by atoms with van der Waals surface area (Å²) < 4.78 is 5.54. The van der Waals surface area contributed by atoms with Gasteiger partial charge >= 0.3 is 0 Å². The lowest BCUT2D eigenvalue weighted by Crippen LogP contribution is -2.24. The van der Waals surface area contributed by atoms with Gasteiger partial charge in [-0.3, -0.25) is 9.78 Å². The first kappa shape index (κ1) is 15.3. The van der Waals surface area contributed by atoms with E-state index in [9.17, 15) is 4.79 Å². The normalized spacial score (nSPS) is 17.8. The van der Waals surface area contributed by atoms with Crippen LogP contribution in [0.3, 0.4) is 0 Å². The van der Waals surface area contributed by atoms with Crippen LogP contribution in [0.2, 0.25) is 0 Å². The molecule has 0 radical (unpaired) electrons. The highest BCUT2D eigenvalue weighted by Crippen LogP contribution is 2.23. The lowest BCUT2D eigenvalue weighted by Gasteiger charge is -2.11. The number of ether oxygens (including phenoxy) is 1. The lowest BCUT2D eigenvalue weighted by molar-refractivity contribution is -0.121. The summed E-state index contributed by atoms with van der Waals surface area (Å²) in [7, 11) is 0. The van der Waals surface area contributed by atoms with Crippen LogP contribution in [0.25, 0.3) is 10.9 Å². The summed E-state index contributed by atoms with van der Waals surface area (Å²) in [5.41, 5.74) is 1.93. The fourth-order valence-corrected chi connectivity index (χ4v) is 3.07. The number of fused-ring (bicyclic) bond motifs is 1. The number of hydrogen-bond acceptors (Lipinski definition) is 4. The molecular formula is C17H20N2O2S. The van der Waals surface area contributed by atoms with Crippen molar-refractivity contribution in [3.8, 4) is 0 Å². The Hall–Kier alpha value is -1.59. The molecule has 5 heteroatoms. The molecular weight excluding hydrogens is 296 g/mol. The predicted molar refractivity (Wildman–Crippen MR) is 89.0 cm³/mol. The van der Waals surface area contributed by atoms with Gasteiger partial charge in [0.15, 0.2) is 0 Å². The molecule has 1 unspecified atom stereocenters. The van der Waals surface area contributed by atoms with Crippen molar-refractivity contribution in [2.24, 2.45) is 0 Å². The van der Waals surface area contributed by atoms with Crippen LogP contribution < -0.4 is 5.32 Å². The van der Waals surface area contributed by atoms with Crippen molar-refractivity contribution in [1.82, 2.24) is 10.3 Å². The van der Waals surface area contributed by atoms with E-state index >= 15 is 0 Å². The number of carbonyl (C=O) groups excluding carboxylic acids is 1. The molecule has 1 aromatic carbocycles. The van der Waals surface area contributed by atoms with E-state index in [4.69, 9.17) is 4.74 Å². The maximum absolute atomic E-state index is 12.0. The number of aromatic nitrogens is 1. The number of nitrogens with one attached hydrogen (secondary N) is 1. The molecule has 2 heterocycles. The molecule has 1 aliphatic rings. The maximum Gasteiger partial charge on any atom is 0.220 e. The molecule has 1 atom stereocenters. The second kappa shape index (κ2) is 7.11. The van der Waals surface area contributed by atoms with Gasteiger partial charge in [0, 0.05) is 36.1 Å². The summed E-state index contributed by atoms with van der Waals surface area (Å²) in [4.78, 5) is 17.2. The predicted octanol–water partition coefficient (Wildman–Crippen LogP) is 3.10. The minimum Gasteiger partial charge on any atom is -0.378 e. The Labute approximate surface area is 135 Å². The molecule has 2 aromatic rings. The fraction of sp³-hybridized carbons (Fsp3) is 0.412. The highest BCUT2D eigenvalue weighted by molar-refractivity contribution is 7.80. The lowest BCUT2D eigenvalue weighted by atomic mass is 10.1. The Kier molecular flexibility index (Phi) is 4.95. The third kappa shape index (κ3) is 3.59. The van der Waals surface area contributed by atoms with E-state index in [1.54, 1.807) is 6.20 Å². The van der Waals surface area contributed by atoms with Crippen molar-refractivity contribution in [2.75, 3.05) is 6.61 Å². The molecule has 22 heavy (non-hydrogen) atoms. The number of nitrogens with zero attached hydrogens (tertiary/aromatic N) is 1. The number of amides is 1. The van der Waals surface area contributed by atoms with Gasteiger partial charge in [-0.25, -0.2) is 0 Å². The van der Waals surface area contributed by atoms with E-state index in [-0.39, 0.29) is 12.0 Å². The van der Waals surface area contributed by atoms with E-state index in [2.05, 4.69) is 22.9 Å². The second-order valence-corrected chi connectivity index (χ2v) is 6.08. The Morgan fingerprint density at radius 3 is 3.14 bits per heavy atom. The van der Waals surface area contributed by atoms with Gasteiger partial charge in [0.1, 0.15) is 0 Å². The van der Waals surface area contributed by atoms with Gasteiger partial charge in [0.25, 0.3) is 0 Å². The van der Waals surface area contributed by atoms with Crippen LogP contribution in [0.5, 0.6) is 0 Å². The number of rotatable bonds is 5. The molecule has 3 rings (SSSR count). The number of hydrogen-bond donors (Lipinski definition) is 2. The Morgan fingerprint density at radius 2 is 2.32 bits per heavy atom. The Morgan fingerprint density at radius 1 is 1.41 bits per heavy atom. The van der Waals surface area contributed by atoms with E-state index in [1.165, 1.54) is 0 Å². The molecule has 1 amide bonds. The third-order valence-corrected chi connectivity index (χ3v) is 4.39. The number of pyridine rings is 1. The van der Waals surface area contributed by atoms with Gasteiger partial charge in [-0.2, -0.15) is 0 Å². The smallest absolute Gasteiger partial charge is 0.220 e. The number of carbonyl (C=O) groups is 1. The zero-order valence-electron chi connectivity index (χ0n) is 12.4. The van der Waals surface area contributed by atoms with Crippen LogP contribution in [0.4, 0.5) is 0 Å². The monoisotopic (exact) mass is 316 g/mol. The van der Waals surface area contributed by atoms with E-state index in [0.29, 0.717) is 13.0 Å². The van der Waals surface area contributed by atoms with E-state index in [1.807, 2.05) is 24.3 Å². The maximum atomic E-state index is 12.0. The van der Waals surface area contributed by atoms with Crippen LogP contribution in [0.1, 0.15) is 31.2 Å². The largest absolute Gasteiger partial charge is 0.378 e. The molecule has 1 aliphatic heterocycles. The second-order valence-electron chi connectivity index (χ2n) is 5.59. The molecule has 0 bridgehead atoms. The van der Waals surface area contributed by atoms with Crippen molar-refractivity contribution < 1.29 is 9.53 Å². The van der Waals surface area contributed by atoms with Crippen molar-refractivity contribution in [1.29, 1.82) is 0 Å². The summed E-state index contributed by atoms with van der Waals surface area (Å²) >= 11 is 4.43. The van der Waals surface area contributed by atoms with Crippen LogP contribution >= 0.6 is 12.6 Å². The van der Waals surface area contributed by atoms with Crippen molar-refractivity contribution in [3.05, 3.63) is 36.0 Å². The molecule has 116 valence electrons. The molecule has 1 fully saturated rings. The third-order valence-electron chi connectivity index (χ3n) is 4.03. The minimum absolute atomic E-state index is 0.0718. The van der Waals surface area contributed by atoms with Crippen LogP contribution in [-0.4, -0.2) is 23.6 Å². The standard InChI is InChI=1S/C17H20N2O2S/c20-16(8-6-13-3-2-10-21-13)19-11-12-5-7-15(22)17-14(12)4-1-9-18-17/h1,4-5,7,9,13,22H,2-3,6,8,10-11H2,(H,19,20). The molecule has 1 N–H and O–H groups in total. The van der Waals surface area contributed by atoms with Crippen molar-refractivity contribution >= 4 is 29.4 Å². The highest BCUT2D eigenvalue weighted by Gasteiger charge is 2.16. The summed E-state index contributed by atoms with van der Waals surface area (Å²) in [6.07, 6.45) is 5.54. The summed E-state index contributed by atoms with van der Waals surface area (Å²) in [5.74, 6) is 0.0718. The number of benzene rings is 1. The molecule has 0 aliphatic carbocycles. The van der Waals surface area contributed by atoms with E-state index < -0.39 is 0 Å². The van der Waals surface area contributed by atoms with Crippen molar-refractivity contribution in [2.45, 2.75) is 43.2 Å². The van der Waals surface area contributed by atoms with Gasteiger partial charge in [0.05, 0.1) is 11.6 Å². The van der Waals surface area contributed by atoms with Gasteiger partial charge in [0.2, 0.25) is 5.91 Å². The first-order valence-corrected chi connectivity index (χ1v) is 8.12. The molecule has 1 aromatic heterocycles. The Balaban J connectivity index is 1.59. The molecule has 0 saturated carbocycles. The topological polar surface area (TPSA) is 51.2 Å². The zero-order chi connectivity index (χ0) is 15.4. The van der Waals surface area contributed by atoms with Crippen LogP contribution in [-0.2, 0) is 16.1 Å². The Bertz CT molecular complexity index is 669. The summed E-state index contributed by atoms with van der Waals surface area (Å²) in [6, 6.07) is 7.83. The summed E-state index contributed by atoms with van der Waals surface area (Å²) in [6.45, 7) is 1.35. The SMILES string of the molecule is O=C(CCC1CCCO1)NCc1ccc(S)c2ncccc12. The van der Waals surface area contributed by atoms with Gasteiger partial charge in [-0.1, -0.05) is 12.1 Å². The molecule has 4 nitrogen and oxygen atoms in total. The first-order chi connectivity index (χ1) is 10.7.